The number of aromatic nitrogens is 1. The molecule has 3 rings (SSSR count). The summed E-state index contributed by atoms with van der Waals surface area (Å²) in [6, 6.07) is 12.9. The highest BCUT2D eigenvalue weighted by molar-refractivity contribution is 5.59. The van der Waals surface area contributed by atoms with E-state index in [1.54, 1.807) is 13.2 Å². The van der Waals surface area contributed by atoms with Gasteiger partial charge in [-0.2, -0.15) is 4.39 Å². The van der Waals surface area contributed by atoms with Crippen molar-refractivity contribution in [1.82, 2.24) is 4.98 Å². The number of piperazine rings is 1. The van der Waals surface area contributed by atoms with Crippen LogP contribution in [-0.2, 0) is 0 Å². The monoisotopic (exact) mass is 287 g/mol. The number of methoxy groups -OCH3 is 1. The zero-order chi connectivity index (χ0) is 14.7. The number of rotatable bonds is 3. The van der Waals surface area contributed by atoms with Crippen LogP contribution in [-0.4, -0.2) is 38.3 Å². The molecule has 1 aliphatic heterocycles. The van der Waals surface area contributed by atoms with E-state index in [1.165, 1.54) is 6.07 Å². The van der Waals surface area contributed by atoms with Crippen LogP contribution in [0.3, 0.4) is 0 Å². The van der Waals surface area contributed by atoms with E-state index < -0.39 is 5.95 Å². The van der Waals surface area contributed by atoms with Crippen LogP contribution in [0.4, 0.5) is 15.9 Å². The smallest absolute Gasteiger partial charge is 0.214 e. The molecule has 0 unspecified atom stereocenters. The van der Waals surface area contributed by atoms with Gasteiger partial charge in [0.2, 0.25) is 5.95 Å². The van der Waals surface area contributed by atoms with Crippen LogP contribution < -0.4 is 14.5 Å². The van der Waals surface area contributed by atoms with Crippen molar-refractivity contribution in [2.24, 2.45) is 0 Å². The lowest BCUT2D eigenvalue weighted by Crippen LogP contribution is -2.47. The maximum atomic E-state index is 13.2. The van der Waals surface area contributed by atoms with Gasteiger partial charge in [0.25, 0.3) is 0 Å². The first-order chi connectivity index (χ1) is 10.3. The van der Waals surface area contributed by atoms with Gasteiger partial charge in [0.05, 0.1) is 12.8 Å². The van der Waals surface area contributed by atoms with Gasteiger partial charge in [-0.1, -0.05) is 18.2 Å². The number of hydrogen-bond donors (Lipinski definition) is 0. The van der Waals surface area contributed by atoms with Crippen molar-refractivity contribution in [3.05, 3.63) is 48.4 Å². The summed E-state index contributed by atoms with van der Waals surface area (Å²) in [4.78, 5) is 8.34. The van der Waals surface area contributed by atoms with Crippen molar-refractivity contribution in [3.63, 3.8) is 0 Å². The van der Waals surface area contributed by atoms with Crippen LogP contribution >= 0.6 is 0 Å². The highest BCUT2D eigenvalue weighted by Gasteiger charge is 2.20. The lowest BCUT2D eigenvalue weighted by atomic mass is 10.2. The molecule has 21 heavy (non-hydrogen) atoms. The van der Waals surface area contributed by atoms with Crippen molar-refractivity contribution >= 4 is 11.5 Å². The fraction of sp³-hybridized carbons (Fsp3) is 0.312. The van der Waals surface area contributed by atoms with E-state index in [2.05, 4.69) is 20.9 Å². The second kappa shape index (κ2) is 5.99. The van der Waals surface area contributed by atoms with E-state index in [4.69, 9.17) is 4.74 Å². The number of hydrogen-bond acceptors (Lipinski definition) is 4. The van der Waals surface area contributed by atoms with Gasteiger partial charge in [0.1, 0.15) is 11.6 Å². The number of anilines is 2. The van der Waals surface area contributed by atoms with Gasteiger partial charge in [-0.25, -0.2) is 4.98 Å². The van der Waals surface area contributed by atoms with E-state index >= 15 is 0 Å². The number of pyridine rings is 1. The van der Waals surface area contributed by atoms with Crippen molar-refractivity contribution in [1.29, 1.82) is 0 Å². The third-order valence-corrected chi connectivity index (χ3v) is 3.73. The average Bonchev–Trinajstić information content (AvgIpc) is 2.55. The van der Waals surface area contributed by atoms with E-state index in [-0.39, 0.29) is 0 Å². The number of ether oxygens (including phenoxy) is 1. The number of para-hydroxylation sites is 2. The Morgan fingerprint density at radius 2 is 1.67 bits per heavy atom. The van der Waals surface area contributed by atoms with Crippen LogP contribution in [0.1, 0.15) is 0 Å². The molecule has 110 valence electrons. The summed E-state index contributed by atoms with van der Waals surface area (Å²) in [7, 11) is 1.69. The number of nitrogens with zero attached hydrogens (tertiary/aromatic N) is 3. The maximum Gasteiger partial charge on any atom is 0.214 e. The molecule has 1 fully saturated rings. The average molecular weight is 287 g/mol. The van der Waals surface area contributed by atoms with Crippen LogP contribution in [0.25, 0.3) is 0 Å². The van der Waals surface area contributed by atoms with E-state index in [9.17, 15) is 4.39 Å². The van der Waals surface area contributed by atoms with Crippen LogP contribution in [0.2, 0.25) is 0 Å². The van der Waals surface area contributed by atoms with E-state index in [0.29, 0.717) is 5.82 Å². The fourth-order valence-corrected chi connectivity index (χ4v) is 2.64. The first-order valence-corrected chi connectivity index (χ1v) is 7.03. The molecule has 0 saturated carbocycles. The van der Waals surface area contributed by atoms with Gasteiger partial charge in [-0.05, 0) is 24.3 Å². The third-order valence-electron chi connectivity index (χ3n) is 3.73. The Bertz CT molecular complexity index is 612. The molecule has 2 heterocycles. The molecule has 0 bridgehead atoms. The molecular formula is C16H18FN3O. The number of benzene rings is 1. The SMILES string of the molecule is COc1ccccc1N1CCN(c2cccc(F)n2)CC1. The van der Waals surface area contributed by atoms with Gasteiger partial charge in [0, 0.05) is 26.2 Å². The lowest BCUT2D eigenvalue weighted by Gasteiger charge is -2.37. The van der Waals surface area contributed by atoms with Gasteiger partial charge >= 0.3 is 0 Å². The summed E-state index contributed by atoms with van der Waals surface area (Å²) in [6.45, 7) is 3.35. The molecule has 0 spiro atoms. The Kier molecular flexibility index (Phi) is 3.90. The zero-order valence-electron chi connectivity index (χ0n) is 12.0. The van der Waals surface area contributed by atoms with Crippen LogP contribution in [0.15, 0.2) is 42.5 Å². The van der Waals surface area contributed by atoms with Gasteiger partial charge in [-0.15, -0.1) is 0 Å². The second-order valence-electron chi connectivity index (χ2n) is 4.96. The summed E-state index contributed by atoms with van der Waals surface area (Å²) in [5.74, 6) is 1.16. The molecular weight excluding hydrogens is 269 g/mol. The molecule has 0 atom stereocenters. The van der Waals surface area contributed by atoms with Gasteiger partial charge < -0.3 is 14.5 Å². The molecule has 2 aromatic rings. The number of halogens is 1. The van der Waals surface area contributed by atoms with E-state index in [1.807, 2.05) is 24.3 Å². The quantitative estimate of drug-likeness (QED) is 0.811. The molecule has 1 aromatic carbocycles. The highest BCUT2D eigenvalue weighted by atomic mass is 19.1. The van der Waals surface area contributed by atoms with Crippen molar-refractivity contribution in [2.75, 3.05) is 43.1 Å². The zero-order valence-corrected chi connectivity index (χ0v) is 12.0. The summed E-state index contributed by atoms with van der Waals surface area (Å²) < 4.78 is 18.6. The standard InChI is InChI=1S/C16H18FN3O/c1-21-14-6-3-2-5-13(14)19-9-11-20(12-10-19)16-8-4-7-15(17)18-16/h2-8H,9-12H2,1H3. The van der Waals surface area contributed by atoms with Crippen molar-refractivity contribution in [2.45, 2.75) is 0 Å². The predicted octanol–water partition coefficient (Wildman–Crippen LogP) is 2.56. The molecule has 1 saturated heterocycles. The van der Waals surface area contributed by atoms with Gasteiger partial charge in [0.15, 0.2) is 0 Å². The largest absolute Gasteiger partial charge is 0.495 e. The minimum absolute atomic E-state index is 0.431. The normalized spacial score (nSPS) is 15.1. The Hall–Kier alpha value is -2.30. The first kappa shape index (κ1) is 13.7. The van der Waals surface area contributed by atoms with Gasteiger partial charge in [-0.3, -0.25) is 0 Å². The minimum atomic E-state index is -0.431. The Morgan fingerprint density at radius 1 is 0.952 bits per heavy atom. The molecule has 0 radical (unpaired) electrons. The molecule has 0 amide bonds. The summed E-state index contributed by atoms with van der Waals surface area (Å²) in [5, 5.41) is 0. The highest BCUT2D eigenvalue weighted by Crippen LogP contribution is 2.28. The molecule has 1 aliphatic rings. The Morgan fingerprint density at radius 3 is 2.38 bits per heavy atom. The summed E-state index contributed by atoms with van der Waals surface area (Å²) >= 11 is 0. The topological polar surface area (TPSA) is 28.6 Å². The molecule has 0 aliphatic carbocycles. The van der Waals surface area contributed by atoms with Crippen LogP contribution in [0.5, 0.6) is 5.75 Å². The first-order valence-electron chi connectivity index (χ1n) is 7.03. The predicted molar refractivity (Wildman–Crippen MR) is 81.6 cm³/mol. The summed E-state index contributed by atoms with van der Waals surface area (Å²) in [6.07, 6.45) is 0. The third kappa shape index (κ3) is 2.91. The maximum absolute atomic E-state index is 13.2. The Balaban J connectivity index is 1.70. The minimum Gasteiger partial charge on any atom is -0.495 e. The van der Waals surface area contributed by atoms with Crippen molar-refractivity contribution in [3.8, 4) is 5.75 Å². The summed E-state index contributed by atoms with van der Waals surface area (Å²) in [5.41, 5.74) is 1.10. The molecule has 1 aromatic heterocycles. The van der Waals surface area contributed by atoms with Crippen LogP contribution in [0, 0.1) is 5.95 Å². The second-order valence-corrected chi connectivity index (χ2v) is 4.96. The molecule has 4 nitrogen and oxygen atoms in total. The molecule has 0 N–H and O–H groups in total. The lowest BCUT2D eigenvalue weighted by molar-refractivity contribution is 0.413. The Labute approximate surface area is 123 Å². The van der Waals surface area contributed by atoms with Crippen molar-refractivity contribution < 1.29 is 9.13 Å². The fourth-order valence-electron chi connectivity index (χ4n) is 2.64. The van der Waals surface area contributed by atoms with E-state index in [0.717, 1.165) is 37.6 Å². The molecule has 5 heteroatoms.